The van der Waals surface area contributed by atoms with Crippen LogP contribution >= 0.6 is 0 Å². The van der Waals surface area contributed by atoms with Crippen LogP contribution in [0.2, 0.25) is 0 Å². The Kier molecular flexibility index (Phi) is 6.02. The van der Waals surface area contributed by atoms with E-state index in [-0.39, 0.29) is 11.8 Å². The van der Waals surface area contributed by atoms with Crippen molar-refractivity contribution in [3.8, 4) is 0 Å². The summed E-state index contributed by atoms with van der Waals surface area (Å²) in [4.78, 5) is 34.7. The van der Waals surface area contributed by atoms with Crippen molar-refractivity contribution in [3.05, 3.63) is 34.9 Å². The van der Waals surface area contributed by atoms with Gasteiger partial charge in [0.1, 0.15) is 0 Å². The maximum atomic E-state index is 12.9. The first-order valence-corrected chi connectivity index (χ1v) is 12.3. The number of carbonyl (C=O) groups excluding carboxylic acids is 2. The van der Waals surface area contributed by atoms with Crippen LogP contribution in [0.1, 0.15) is 60.5 Å². The number of rotatable bonds is 4. The molecule has 1 atom stereocenters. The molecule has 3 aliphatic heterocycles. The van der Waals surface area contributed by atoms with Gasteiger partial charge < -0.3 is 9.80 Å². The fraction of sp³-hybridized carbons (Fsp3) is 0.680. The minimum absolute atomic E-state index is 0.173. The van der Waals surface area contributed by atoms with E-state index >= 15 is 0 Å². The van der Waals surface area contributed by atoms with E-state index in [1.807, 2.05) is 11.0 Å². The lowest BCUT2D eigenvalue weighted by molar-refractivity contribution is -0.135. The van der Waals surface area contributed by atoms with Crippen LogP contribution < -0.4 is 0 Å². The van der Waals surface area contributed by atoms with Gasteiger partial charge in [0.2, 0.25) is 5.91 Å². The standard InChI is InChI=1S/C25H36N4O2/c1-19-4-3-10-29(19)25(31)21-7-8-22-17-26(11-9-20(22)16-21)18-24(30)28-14-12-27(13-15-28)23-5-2-6-23/h7-8,16,19,23H,2-6,9-15,17-18H2,1H3. The van der Waals surface area contributed by atoms with Crippen LogP contribution in [0.25, 0.3) is 0 Å². The zero-order valence-electron chi connectivity index (χ0n) is 18.9. The van der Waals surface area contributed by atoms with Crippen molar-refractivity contribution in [2.75, 3.05) is 45.8 Å². The van der Waals surface area contributed by atoms with Crippen molar-refractivity contribution in [2.45, 2.75) is 64.1 Å². The zero-order valence-corrected chi connectivity index (χ0v) is 18.9. The van der Waals surface area contributed by atoms with E-state index in [1.165, 1.54) is 30.4 Å². The van der Waals surface area contributed by atoms with Gasteiger partial charge in [-0.1, -0.05) is 12.5 Å². The van der Waals surface area contributed by atoms with Gasteiger partial charge in [-0.05, 0) is 62.3 Å². The number of amides is 2. The molecular formula is C25H36N4O2. The Morgan fingerprint density at radius 1 is 0.935 bits per heavy atom. The summed E-state index contributed by atoms with van der Waals surface area (Å²) in [6, 6.07) is 7.32. The number of carbonyl (C=O) groups is 2. The first-order chi connectivity index (χ1) is 15.1. The summed E-state index contributed by atoms with van der Waals surface area (Å²) >= 11 is 0. The van der Waals surface area contributed by atoms with Crippen LogP contribution in [-0.4, -0.2) is 89.3 Å². The topological polar surface area (TPSA) is 47.1 Å². The molecule has 1 saturated carbocycles. The van der Waals surface area contributed by atoms with Crippen LogP contribution in [0.3, 0.4) is 0 Å². The molecule has 2 amide bonds. The molecule has 3 fully saturated rings. The summed E-state index contributed by atoms with van der Waals surface area (Å²) in [5.41, 5.74) is 3.36. The van der Waals surface area contributed by atoms with Gasteiger partial charge in [0, 0.05) is 63.5 Å². The van der Waals surface area contributed by atoms with Gasteiger partial charge in [0.15, 0.2) is 0 Å². The molecule has 31 heavy (non-hydrogen) atoms. The highest BCUT2D eigenvalue weighted by atomic mass is 16.2. The minimum atomic E-state index is 0.173. The molecule has 4 aliphatic rings. The van der Waals surface area contributed by atoms with Gasteiger partial charge in [-0.2, -0.15) is 0 Å². The molecule has 1 aliphatic carbocycles. The second-order valence-electron chi connectivity index (χ2n) is 9.94. The van der Waals surface area contributed by atoms with Crippen LogP contribution in [-0.2, 0) is 17.8 Å². The Bertz CT molecular complexity index is 829. The van der Waals surface area contributed by atoms with Crippen molar-refractivity contribution in [1.29, 1.82) is 0 Å². The first kappa shape index (κ1) is 21.0. The molecule has 1 aromatic carbocycles. The zero-order chi connectivity index (χ0) is 21.4. The summed E-state index contributed by atoms with van der Waals surface area (Å²) in [6.45, 7) is 9.04. The molecule has 1 aromatic rings. The van der Waals surface area contributed by atoms with Gasteiger partial charge in [-0.15, -0.1) is 0 Å². The van der Waals surface area contributed by atoms with Gasteiger partial charge in [0.05, 0.1) is 6.54 Å². The van der Waals surface area contributed by atoms with Crippen LogP contribution in [0.5, 0.6) is 0 Å². The molecule has 0 radical (unpaired) electrons. The normalized spacial score (nSPS) is 25.4. The third-order valence-electron chi connectivity index (χ3n) is 7.98. The molecule has 6 heteroatoms. The third-order valence-corrected chi connectivity index (χ3v) is 7.98. The average Bonchev–Trinajstić information content (AvgIpc) is 3.18. The molecule has 0 N–H and O–H groups in total. The van der Waals surface area contributed by atoms with Crippen LogP contribution in [0, 0.1) is 0 Å². The Labute approximate surface area is 186 Å². The number of benzene rings is 1. The number of hydrogen-bond acceptors (Lipinski definition) is 4. The van der Waals surface area contributed by atoms with Gasteiger partial charge in [-0.3, -0.25) is 19.4 Å². The summed E-state index contributed by atoms with van der Waals surface area (Å²) in [6.07, 6.45) is 7.17. The molecule has 3 heterocycles. The Morgan fingerprint density at radius 2 is 1.74 bits per heavy atom. The number of fused-ring (bicyclic) bond motifs is 1. The van der Waals surface area contributed by atoms with Crippen LogP contribution in [0.4, 0.5) is 0 Å². The van der Waals surface area contributed by atoms with Crippen molar-refractivity contribution in [3.63, 3.8) is 0 Å². The lowest BCUT2D eigenvalue weighted by Gasteiger charge is -2.43. The minimum Gasteiger partial charge on any atom is -0.339 e. The monoisotopic (exact) mass is 424 g/mol. The molecule has 0 spiro atoms. The van der Waals surface area contributed by atoms with E-state index < -0.39 is 0 Å². The number of piperazine rings is 1. The van der Waals surface area contributed by atoms with E-state index in [0.717, 1.165) is 76.7 Å². The molecule has 5 rings (SSSR count). The second-order valence-corrected chi connectivity index (χ2v) is 9.94. The lowest BCUT2D eigenvalue weighted by atomic mass is 9.91. The molecule has 168 valence electrons. The van der Waals surface area contributed by atoms with Crippen molar-refractivity contribution in [2.24, 2.45) is 0 Å². The van der Waals surface area contributed by atoms with Gasteiger partial charge in [-0.25, -0.2) is 0 Å². The van der Waals surface area contributed by atoms with E-state index in [4.69, 9.17) is 0 Å². The van der Waals surface area contributed by atoms with Gasteiger partial charge >= 0.3 is 0 Å². The predicted octanol–water partition coefficient (Wildman–Crippen LogP) is 2.37. The van der Waals surface area contributed by atoms with Crippen molar-refractivity contribution < 1.29 is 9.59 Å². The highest BCUT2D eigenvalue weighted by Gasteiger charge is 2.31. The highest BCUT2D eigenvalue weighted by molar-refractivity contribution is 5.95. The molecular weight excluding hydrogens is 388 g/mol. The van der Waals surface area contributed by atoms with E-state index in [2.05, 4.69) is 33.8 Å². The Balaban J connectivity index is 1.15. The summed E-state index contributed by atoms with van der Waals surface area (Å²) in [7, 11) is 0. The third kappa shape index (κ3) is 4.37. The lowest BCUT2D eigenvalue weighted by Crippen LogP contribution is -2.55. The first-order valence-electron chi connectivity index (χ1n) is 12.3. The smallest absolute Gasteiger partial charge is 0.254 e. The molecule has 2 saturated heterocycles. The predicted molar refractivity (Wildman–Crippen MR) is 121 cm³/mol. The van der Waals surface area contributed by atoms with E-state index in [9.17, 15) is 9.59 Å². The molecule has 0 aromatic heterocycles. The average molecular weight is 425 g/mol. The fourth-order valence-corrected chi connectivity index (χ4v) is 5.66. The second kappa shape index (κ2) is 8.91. The molecule has 0 bridgehead atoms. The largest absolute Gasteiger partial charge is 0.339 e. The van der Waals surface area contributed by atoms with Gasteiger partial charge in [0.25, 0.3) is 5.91 Å². The van der Waals surface area contributed by atoms with Crippen LogP contribution in [0.15, 0.2) is 18.2 Å². The van der Waals surface area contributed by atoms with E-state index in [1.54, 1.807) is 0 Å². The fourth-order valence-electron chi connectivity index (χ4n) is 5.66. The number of nitrogens with zero attached hydrogens (tertiary/aromatic N) is 4. The van der Waals surface area contributed by atoms with E-state index in [0.29, 0.717) is 12.6 Å². The summed E-state index contributed by atoms with van der Waals surface area (Å²) in [5.74, 6) is 0.443. The summed E-state index contributed by atoms with van der Waals surface area (Å²) < 4.78 is 0. The Hall–Kier alpha value is -1.92. The highest BCUT2D eigenvalue weighted by Crippen LogP contribution is 2.26. The molecule has 6 nitrogen and oxygen atoms in total. The Morgan fingerprint density at radius 3 is 2.42 bits per heavy atom. The van der Waals surface area contributed by atoms with Crippen molar-refractivity contribution in [1.82, 2.24) is 19.6 Å². The molecule has 1 unspecified atom stereocenters. The maximum absolute atomic E-state index is 12.9. The summed E-state index contributed by atoms with van der Waals surface area (Å²) in [5, 5.41) is 0. The quantitative estimate of drug-likeness (QED) is 0.745. The SMILES string of the molecule is CC1CCCN1C(=O)c1ccc2c(c1)CCN(CC(=O)N1CCN(C3CCC3)CC1)C2. The number of likely N-dealkylation sites (tertiary alicyclic amines) is 1. The number of hydrogen-bond donors (Lipinski definition) is 0. The maximum Gasteiger partial charge on any atom is 0.254 e. The van der Waals surface area contributed by atoms with Crippen molar-refractivity contribution >= 4 is 11.8 Å².